The minimum Gasteiger partial charge on any atom is -0.335 e. The highest BCUT2D eigenvalue weighted by atomic mass is 35.5. The Bertz CT molecular complexity index is 976. The van der Waals surface area contributed by atoms with Gasteiger partial charge in [0.1, 0.15) is 6.07 Å². The lowest BCUT2D eigenvalue weighted by Crippen LogP contribution is -2.50. The third-order valence-corrected chi connectivity index (χ3v) is 5.88. The summed E-state index contributed by atoms with van der Waals surface area (Å²) in [6.45, 7) is 6.40. The Morgan fingerprint density at radius 2 is 1.90 bits per heavy atom. The van der Waals surface area contributed by atoms with Crippen molar-refractivity contribution in [1.82, 2.24) is 4.90 Å². The molecule has 1 aliphatic heterocycles. The second-order valence-corrected chi connectivity index (χ2v) is 7.98. The molecule has 29 heavy (non-hydrogen) atoms. The summed E-state index contributed by atoms with van der Waals surface area (Å²) in [6, 6.07) is 12.4. The maximum atomic E-state index is 13.3. The average molecular weight is 410 g/mol. The molecule has 1 N–H and O–H groups in total. The molecule has 6 heteroatoms. The van der Waals surface area contributed by atoms with Crippen LogP contribution in [0.15, 0.2) is 36.4 Å². The first-order valence-corrected chi connectivity index (χ1v) is 10.1. The summed E-state index contributed by atoms with van der Waals surface area (Å²) in [6.07, 6.45) is 1.44. The van der Waals surface area contributed by atoms with E-state index in [1.54, 1.807) is 23.1 Å². The molecule has 0 spiro atoms. The van der Waals surface area contributed by atoms with Crippen LogP contribution >= 0.6 is 11.6 Å². The zero-order valence-corrected chi connectivity index (χ0v) is 17.6. The molecular weight excluding hydrogens is 386 g/mol. The molecule has 0 radical (unpaired) electrons. The smallest absolute Gasteiger partial charge is 0.254 e. The van der Waals surface area contributed by atoms with Crippen molar-refractivity contribution in [3.05, 3.63) is 63.7 Å². The van der Waals surface area contributed by atoms with Crippen molar-refractivity contribution in [2.75, 3.05) is 11.9 Å². The molecule has 0 bridgehead atoms. The van der Waals surface area contributed by atoms with Gasteiger partial charge in [0.05, 0.1) is 17.2 Å². The van der Waals surface area contributed by atoms with E-state index in [4.69, 9.17) is 11.6 Å². The number of carbonyl (C=O) groups excluding carboxylic acids is 2. The monoisotopic (exact) mass is 409 g/mol. The summed E-state index contributed by atoms with van der Waals surface area (Å²) in [5, 5.41) is 12.6. The maximum Gasteiger partial charge on any atom is 0.254 e. The number of carbonyl (C=O) groups is 2. The molecule has 150 valence electrons. The fourth-order valence-electron chi connectivity index (χ4n) is 4.02. The first-order chi connectivity index (χ1) is 13.8. The standard InChI is InChI=1S/C23H24ClN3O2/c1-14-6-4-7-15(2)21(14)23(29)27-11-5-8-19(16(27)3)22(28)26-20-12-18(24)10-9-17(20)13-25/h4,6-7,9-10,12,16,19H,5,8,11H2,1-3H3,(H,26,28)/t16-,19-/m0/s1. The Morgan fingerprint density at radius 3 is 2.55 bits per heavy atom. The van der Waals surface area contributed by atoms with Gasteiger partial charge in [-0.25, -0.2) is 0 Å². The molecule has 2 atom stereocenters. The highest BCUT2D eigenvalue weighted by molar-refractivity contribution is 6.31. The third-order valence-electron chi connectivity index (χ3n) is 5.64. The molecule has 2 aromatic rings. The summed E-state index contributed by atoms with van der Waals surface area (Å²) in [5.41, 5.74) is 3.34. The molecular formula is C23H24ClN3O2. The van der Waals surface area contributed by atoms with Crippen LogP contribution in [0.2, 0.25) is 5.02 Å². The van der Waals surface area contributed by atoms with Crippen LogP contribution in [0.5, 0.6) is 0 Å². The van der Waals surface area contributed by atoms with Crippen molar-refractivity contribution in [2.45, 2.75) is 39.7 Å². The van der Waals surface area contributed by atoms with Crippen molar-refractivity contribution in [3.63, 3.8) is 0 Å². The predicted molar refractivity (Wildman–Crippen MR) is 114 cm³/mol. The SMILES string of the molecule is Cc1cccc(C)c1C(=O)N1CCC[C@H](C(=O)Nc2cc(Cl)ccc2C#N)[C@@H]1C. The van der Waals surface area contributed by atoms with Crippen LogP contribution in [-0.4, -0.2) is 29.3 Å². The Morgan fingerprint density at radius 1 is 1.21 bits per heavy atom. The van der Waals surface area contributed by atoms with E-state index < -0.39 is 0 Å². The normalized spacial score (nSPS) is 18.8. The molecule has 2 aromatic carbocycles. The number of anilines is 1. The van der Waals surface area contributed by atoms with Crippen LogP contribution in [-0.2, 0) is 4.79 Å². The fraction of sp³-hybridized carbons (Fsp3) is 0.348. The van der Waals surface area contributed by atoms with Crippen molar-refractivity contribution in [3.8, 4) is 6.07 Å². The lowest BCUT2D eigenvalue weighted by atomic mass is 9.88. The number of benzene rings is 2. The maximum absolute atomic E-state index is 13.3. The first-order valence-electron chi connectivity index (χ1n) is 9.71. The number of hydrogen-bond acceptors (Lipinski definition) is 3. The van der Waals surface area contributed by atoms with E-state index in [1.807, 2.05) is 39.0 Å². The average Bonchev–Trinajstić information content (AvgIpc) is 2.68. The van der Waals surface area contributed by atoms with Crippen LogP contribution in [0.25, 0.3) is 0 Å². The Kier molecular flexibility index (Phi) is 6.24. The van der Waals surface area contributed by atoms with E-state index in [2.05, 4.69) is 11.4 Å². The third kappa shape index (κ3) is 4.28. The lowest BCUT2D eigenvalue weighted by molar-refractivity contribution is -0.122. The van der Waals surface area contributed by atoms with Gasteiger partial charge in [0.25, 0.3) is 5.91 Å². The van der Waals surface area contributed by atoms with Gasteiger partial charge < -0.3 is 10.2 Å². The van der Waals surface area contributed by atoms with Gasteiger partial charge in [-0.1, -0.05) is 29.8 Å². The number of aryl methyl sites for hydroxylation is 2. The molecule has 1 aliphatic rings. The molecule has 1 saturated heterocycles. The molecule has 1 fully saturated rings. The highest BCUT2D eigenvalue weighted by Gasteiger charge is 2.36. The van der Waals surface area contributed by atoms with E-state index in [-0.39, 0.29) is 23.8 Å². The molecule has 2 amide bonds. The number of likely N-dealkylation sites (tertiary alicyclic amines) is 1. The number of amides is 2. The topological polar surface area (TPSA) is 73.2 Å². The zero-order chi connectivity index (χ0) is 21.1. The first kappa shape index (κ1) is 20.9. The van der Waals surface area contributed by atoms with E-state index in [0.29, 0.717) is 34.8 Å². The second kappa shape index (κ2) is 8.67. The minimum absolute atomic E-state index is 0.0360. The summed E-state index contributed by atoms with van der Waals surface area (Å²) >= 11 is 6.02. The van der Waals surface area contributed by atoms with E-state index >= 15 is 0 Å². The van der Waals surface area contributed by atoms with Gasteiger partial charge in [-0.05, 0) is 62.9 Å². The van der Waals surface area contributed by atoms with Gasteiger partial charge in [0.15, 0.2) is 0 Å². The van der Waals surface area contributed by atoms with Crippen molar-refractivity contribution < 1.29 is 9.59 Å². The number of piperidine rings is 1. The van der Waals surface area contributed by atoms with Gasteiger partial charge in [-0.2, -0.15) is 5.26 Å². The summed E-state index contributed by atoms with van der Waals surface area (Å²) < 4.78 is 0. The number of nitriles is 1. The van der Waals surface area contributed by atoms with Crippen LogP contribution in [0, 0.1) is 31.1 Å². The molecule has 3 rings (SSSR count). The van der Waals surface area contributed by atoms with Crippen LogP contribution in [0.3, 0.4) is 0 Å². The number of hydrogen-bond donors (Lipinski definition) is 1. The molecule has 0 saturated carbocycles. The van der Waals surface area contributed by atoms with Crippen molar-refractivity contribution in [2.24, 2.45) is 5.92 Å². The fourth-order valence-corrected chi connectivity index (χ4v) is 4.19. The summed E-state index contributed by atoms with van der Waals surface area (Å²) in [7, 11) is 0. The number of nitrogens with one attached hydrogen (secondary N) is 1. The summed E-state index contributed by atoms with van der Waals surface area (Å²) in [4.78, 5) is 28.0. The molecule has 0 aromatic heterocycles. The molecule has 0 aliphatic carbocycles. The number of halogens is 1. The van der Waals surface area contributed by atoms with Gasteiger partial charge in [0.2, 0.25) is 5.91 Å². The predicted octanol–water partition coefficient (Wildman–Crippen LogP) is 4.71. The molecule has 5 nitrogen and oxygen atoms in total. The largest absolute Gasteiger partial charge is 0.335 e. The van der Waals surface area contributed by atoms with Crippen molar-refractivity contribution >= 4 is 29.1 Å². The second-order valence-electron chi connectivity index (χ2n) is 7.55. The summed E-state index contributed by atoms with van der Waals surface area (Å²) in [5.74, 6) is -0.594. The van der Waals surface area contributed by atoms with E-state index in [0.717, 1.165) is 17.5 Å². The molecule has 1 heterocycles. The van der Waals surface area contributed by atoms with Crippen LogP contribution < -0.4 is 5.32 Å². The molecule has 0 unspecified atom stereocenters. The van der Waals surface area contributed by atoms with Gasteiger partial charge >= 0.3 is 0 Å². The van der Waals surface area contributed by atoms with Gasteiger partial charge in [0, 0.05) is 23.2 Å². The minimum atomic E-state index is -0.359. The van der Waals surface area contributed by atoms with Crippen LogP contribution in [0.4, 0.5) is 5.69 Å². The Hall–Kier alpha value is -2.84. The highest BCUT2D eigenvalue weighted by Crippen LogP contribution is 2.29. The zero-order valence-electron chi connectivity index (χ0n) is 16.8. The number of rotatable bonds is 3. The van der Waals surface area contributed by atoms with Gasteiger partial charge in [-0.3, -0.25) is 9.59 Å². The van der Waals surface area contributed by atoms with Crippen molar-refractivity contribution in [1.29, 1.82) is 5.26 Å². The van der Waals surface area contributed by atoms with Gasteiger partial charge in [-0.15, -0.1) is 0 Å². The quantitative estimate of drug-likeness (QED) is 0.797. The lowest BCUT2D eigenvalue weighted by Gasteiger charge is -2.39. The number of nitrogens with zero attached hydrogens (tertiary/aromatic N) is 2. The van der Waals surface area contributed by atoms with E-state index in [9.17, 15) is 14.9 Å². The van der Waals surface area contributed by atoms with Crippen LogP contribution in [0.1, 0.15) is 46.8 Å². The Balaban J connectivity index is 1.82. The Labute approximate surface area is 176 Å². The van der Waals surface area contributed by atoms with E-state index in [1.165, 1.54) is 0 Å².